The molecule has 1 atom stereocenters. The topological polar surface area (TPSA) is 103 Å². The van der Waals surface area contributed by atoms with E-state index in [1.54, 1.807) is 0 Å². The fourth-order valence-corrected chi connectivity index (χ4v) is 3.92. The lowest BCUT2D eigenvalue weighted by Crippen LogP contribution is -2.47. The van der Waals surface area contributed by atoms with Crippen LogP contribution in [0.1, 0.15) is 28.8 Å². The van der Waals surface area contributed by atoms with E-state index in [4.69, 9.17) is 14.2 Å². The predicted molar refractivity (Wildman–Crippen MR) is 115 cm³/mol. The lowest BCUT2D eigenvalue weighted by atomic mass is 10.0. The largest absolute Gasteiger partial charge is 0.493 e. The van der Waals surface area contributed by atoms with E-state index in [0.717, 1.165) is 25.9 Å². The third-order valence-corrected chi connectivity index (χ3v) is 5.32. The maximum atomic E-state index is 13.1. The number of carbonyl (C=O) groups excluding carboxylic acids is 1. The number of benzene rings is 2. The number of nitrogens with zero attached hydrogens (tertiary/aromatic N) is 2. The summed E-state index contributed by atoms with van der Waals surface area (Å²) in [6.45, 7) is 2.39. The fourth-order valence-electron chi connectivity index (χ4n) is 3.92. The Bertz CT molecular complexity index is 935. The molecule has 1 unspecified atom stereocenters. The van der Waals surface area contributed by atoms with Crippen molar-refractivity contribution in [1.29, 1.82) is 0 Å². The minimum Gasteiger partial charge on any atom is -0.493 e. The number of amides is 1. The summed E-state index contributed by atoms with van der Waals surface area (Å²) < 4.78 is 15.7. The van der Waals surface area contributed by atoms with Crippen molar-refractivity contribution in [2.45, 2.75) is 25.4 Å². The summed E-state index contributed by atoms with van der Waals surface area (Å²) >= 11 is 0. The molecule has 2 aromatic carbocycles. The van der Waals surface area contributed by atoms with Gasteiger partial charge in [0, 0.05) is 25.2 Å². The van der Waals surface area contributed by atoms with E-state index >= 15 is 0 Å². The van der Waals surface area contributed by atoms with Crippen LogP contribution < -0.4 is 19.5 Å². The summed E-state index contributed by atoms with van der Waals surface area (Å²) in [4.78, 5) is 26.4. The molecule has 0 bridgehead atoms. The number of nitrogens with one attached hydrogen (secondary N) is 1. The van der Waals surface area contributed by atoms with Crippen LogP contribution in [-0.2, 0) is 6.54 Å². The van der Waals surface area contributed by atoms with Gasteiger partial charge >= 0.3 is 5.69 Å². The number of nitro groups is 1. The molecule has 1 fully saturated rings. The Morgan fingerprint density at radius 1 is 1.16 bits per heavy atom. The Hall–Kier alpha value is -3.33. The predicted octanol–water partition coefficient (Wildman–Crippen LogP) is 3.02. The second-order valence-electron chi connectivity index (χ2n) is 7.33. The number of hydrogen-bond acceptors (Lipinski definition) is 7. The molecule has 1 amide bonds. The van der Waals surface area contributed by atoms with Gasteiger partial charge in [-0.3, -0.25) is 19.8 Å². The van der Waals surface area contributed by atoms with E-state index in [0.29, 0.717) is 6.54 Å². The molecule has 0 aliphatic carbocycles. The Kier molecular flexibility index (Phi) is 7.30. The first-order valence-corrected chi connectivity index (χ1v) is 10.0. The zero-order valence-electron chi connectivity index (χ0n) is 17.9. The van der Waals surface area contributed by atoms with E-state index in [1.165, 1.54) is 33.0 Å². The third kappa shape index (κ3) is 5.05. The number of methoxy groups -OCH3 is 3. The molecule has 0 aromatic heterocycles. The number of nitro benzene ring substituents is 1. The summed E-state index contributed by atoms with van der Waals surface area (Å²) in [5.41, 5.74) is 0.629. The molecule has 1 aliphatic heterocycles. The quantitative estimate of drug-likeness (QED) is 0.508. The molecular weight excluding hydrogens is 402 g/mol. The smallest absolute Gasteiger partial charge is 0.327 e. The monoisotopic (exact) mass is 429 g/mol. The molecule has 31 heavy (non-hydrogen) atoms. The number of ether oxygens (including phenoxy) is 3. The second kappa shape index (κ2) is 10.1. The van der Waals surface area contributed by atoms with E-state index in [1.807, 2.05) is 18.2 Å². The van der Waals surface area contributed by atoms with Gasteiger partial charge in [0.2, 0.25) is 11.5 Å². The van der Waals surface area contributed by atoms with Crippen molar-refractivity contribution in [3.8, 4) is 17.2 Å². The van der Waals surface area contributed by atoms with Crippen LogP contribution in [0.5, 0.6) is 17.2 Å². The summed E-state index contributed by atoms with van der Waals surface area (Å²) in [6, 6.07) is 11.3. The van der Waals surface area contributed by atoms with Gasteiger partial charge in [-0.1, -0.05) is 30.3 Å². The zero-order chi connectivity index (χ0) is 22.4. The minimum absolute atomic E-state index is 0.0694. The van der Waals surface area contributed by atoms with Crippen LogP contribution in [0.15, 0.2) is 36.4 Å². The minimum atomic E-state index is -0.641. The van der Waals surface area contributed by atoms with Gasteiger partial charge in [0.25, 0.3) is 5.91 Å². The zero-order valence-corrected chi connectivity index (χ0v) is 17.9. The molecule has 0 saturated carbocycles. The second-order valence-corrected chi connectivity index (χ2v) is 7.33. The maximum absolute atomic E-state index is 13.1. The van der Waals surface area contributed by atoms with Gasteiger partial charge in [0.15, 0.2) is 5.75 Å². The van der Waals surface area contributed by atoms with Crippen LogP contribution in [0.2, 0.25) is 0 Å². The first-order valence-electron chi connectivity index (χ1n) is 10.0. The molecule has 166 valence electrons. The first kappa shape index (κ1) is 22.4. The van der Waals surface area contributed by atoms with Crippen LogP contribution in [0.25, 0.3) is 0 Å². The van der Waals surface area contributed by atoms with Gasteiger partial charge in [0.1, 0.15) is 5.56 Å². The number of hydrogen-bond donors (Lipinski definition) is 1. The number of likely N-dealkylation sites (tertiary alicyclic amines) is 1. The van der Waals surface area contributed by atoms with Crippen LogP contribution in [0, 0.1) is 10.1 Å². The normalized spacial score (nSPS) is 16.4. The van der Waals surface area contributed by atoms with Crippen molar-refractivity contribution in [3.05, 3.63) is 57.6 Å². The molecule has 1 saturated heterocycles. The molecule has 9 heteroatoms. The highest BCUT2D eigenvalue weighted by molar-refractivity contribution is 6.00. The maximum Gasteiger partial charge on any atom is 0.327 e. The fraction of sp³-hybridized carbons (Fsp3) is 0.409. The van der Waals surface area contributed by atoms with Gasteiger partial charge in [0.05, 0.1) is 26.3 Å². The molecular formula is C22H27N3O6. The lowest BCUT2D eigenvalue weighted by molar-refractivity contribution is -0.386. The number of rotatable bonds is 8. The third-order valence-electron chi connectivity index (χ3n) is 5.32. The standard InChI is InChI=1S/C22H27N3O6/c1-29-18-12-17(19(25(27)28)21(31-3)20(18)30-2)22(26)23-16-10-7-11-24(14-16)13-15-8-5-4-6-9-15/h4-6,8-9,12,16H,7,10-11,13-14H2,1-3H3,(H,23,26). The molecule has 1 N–H and O–H groups in total. The van der Waals surface area contributed by atoms with E-state index < -0.39 is 16.5 Å². The van der Waals surface area contributed by atoms with Crippen molar-refractivity contribution in [3.63, 3.8) is 0 Å². The molecule has 3 rings (SSSR count). The Balaban J connectivity index is 1.81. The Morgan fingerprint density at radius 3 is 2.48 bits per heavy atom. The highest BCUT2D eigenvalue weighted by atomic mass is 16.6. The van der Waals surface area contributed by atoms with Crippen LogP contribution in [0.4, 0.5) is 5.69 Å². The highest BCUT2D eigenvalue weighted by Gasteiger charge is 2.33. The SMILES string of the molecule is COc1cc(C(=O)NC2CCCN(Cc3ccccc3)C2)c([N+](=O)[O-])c(OC)c1OC. The average Bonchev–Trinajstić information content (AvgIpc) is 2.78. The van der Waals surface area contributed by atoms with E-state index in [2.05, 4.69) is 22.3 Å². The van der Waals surface area contributed by atoms with Crippen LogP contribution in [-0.4, -0.2) is 56.2 Å². The summed E-state index contributed by atoms with van der Waals surface area (Å²) in [5.74, 6) is -0.437. The van der Waals surface area contributed by atoms with E-state index in [9.17, 15) is 14.9 Å². The van der Waals surface area contributed by atoms with Gasteiger partial charge in [-0.2, -0.15) is 0 Å². The van der Waals surface area contributed by atoms with Gasteiger partial charge in [-0.25, -0.2) is 0 Å². The molecule has 2 aromatic rings. The van der Waals surface area contributed by atoms with Gasteiger partial charge < -0.3 is 19.5 Å². The molecule has 9 nitrogen and oxygen atoms in total. The van der Waals surface area contributed by atoms with Crippen molar-refractivity contribution in [1.82, 2.24) is 10.2 Å². The molecule has 0 spiro atoms. The van der Waals surface area contributed by atoms with Crippen molar-refractivity contribution in [2.75, 3.05) is 34.4 Å². The summed E-state index contributed by atoms with van der Waals surface area (Å²) in [5, 5.41) is 14.7. The lowest BCUT2D eigenvalue weighted by Gasteiger charge is -2.33. The first-order chi connectivity index (χ1) is 15.0. The van der Waals surface area contributed by atoms with Crippen LogP contribution in [0.3, 0.4) is 0 Å². The van der Waals surface area contributed by atoms with Crippen molar-refractivity contribution >= 4 is 11.6 Å². The molecule has 1 heterocycles. The van der Waals surface area contributed by atoms with Crippen molar-refractivity contribution < 1.29 is 23.9 Å². The average molecular weight is 429 g/mol. The summed E-state index contributed by atoms with van der Waals surface area (Å²) in [6.07, 6.45) is 1.73. The van der Waals surface area contributed by atoms with Crippen molar-refractivity contribution in [2.24, 2.45) is 0 Å². The number of piperidine rings is 1. The summed E-state index contributed by atoms with van der Waals surface area (Å²) in [7, 11) is 4.04. The number of carbonyl (C=O) groups is 1. The molecule has 0 radical (unpaired) electrons. The van der Waals surface area contributed by atoms with Gasteiger partial charge in [-0.15, -0.1) is 0 Å². The Morgan fingerprint density at radius 2 is 1.87 bits per heavy atom. The highest BCUT2D eigenvalue weighted by Crippen LogP contribution is 2.46. The van der Waals surface area contributed by atoms with Crippen LogP contribution >= 0.6 is 0 Å². The Labute approximate surface area is 181 Å². The van der Waals surface area contributed by atoms with Gasteiger partial charge in [-0.05, 0) is 24.9 Å². The van der Waals surface area contributed by atoms with E-state index in [-0.39, 0.29) is 28.9 Å². The molecule has 1 aliphatic rings.